The van der Waals surface area contributed by atoms with Crippen molar-refractivity contribution in [2.45, 2.75) is 44.9 Å². The molecule has 0 fully saturated rings. The number of aliphatic hydroxyl groups is 1. The smallest absolute Gasteiger partial charge is 0.127 e. The van der Waals surface area contributed by atoms with Crippen LogP contribution in [-0.4, -0.2) is 23.4 Å². The molecule has 3 rings (SSSR count). The van der Waals surface area contributed by atoms with Gasteiger partial charge in [-0.05, 0) is 25.8 Å². The molecule has 3 nitrogen and oxygen atoms in total. The summed E-state index contributed by atoms with van der Waals surface area (Å²) >= 11 is 0. The molecule has 2 N–H and O–H groups in total. The number of nitrogens with one attached hydrogen (secondary N) is 1. The quantitative estimate of drug-likeness (QED) is 0.828. The van der Waals surface area contributed by atoms with Crippen LogP contribution in [0.4, 0.5) is 0 Å². The summed E-state index contributed by atoms with van der Waals surface area (Å²) < 4.78 is 6.08. The molecule has 1 aromatic carbocycles. The maximum absolute atomic E-state index is 9.15. The molecule has 2 aliphatic rings. The van der Waals surface area contributed by atoms with Crippen molar-refractivity contribution in [3.05, 3.63) is 41.5 Å². The monoisotopic (exact) mass is 273 g/mol. The van der Waals surface area contributed by atoms with Gasteiger partial charge in [0, 0.05) is 37.1 Å². The first-order valence-electron chi connectivity index (χ1n) is 7.40. The van der Waals surface area contributed by atoms with Gasteiger partial charge in [0.1, 0.15) is 11.4 Å². The molecule has 1 aliphatic heterocycles. The number of aliphatic hydroxyl groups excluding tert-OH is 1. The summed E-state index contributed by atoms with van der Waals surface area (Å²) in [4.78, 5) is 0. The minimum absolute atomic E-state index is 0.0896. The van der Waals surface area contributed by atoms with Crippen LogP contribution in [-0.2, 0) is 13.0 Å². The van der Waals surface area contributed by atoms with Gasteiger partial charge in [0.25, 0.3) is 0 Å². The summed E-state index contributed by atoms with van der Waals surface area (Å²) in [5, 5.41) is 12.7. The van der Waals surface area contributed by atoms with Gasteiger partial charge in [-0.15, -0.1) is 0 Å². The lowest BCUT2D eigenvalue weighted by atomic mass is 10.0. The van der Waals surface area contributed by atoms with Crippen LogP contribution < -0.4 is 10.1 Å². The molecular weight excluding hydrogens is 250 g/mol. The molecule has 108 valence electrons. The Morgan fingerprint density at radius 1 is 1.35 bits per heavy atom. The Balaban J connectivity index is 1.65. The molecule has 3 heteroatoms. The molecule has 1 aromatic rings. The minimum atomic E-state index is -0.0896. The van der Waals surface area contributed by atoms with Gasteiger partial charge < -0.3 is 15.2 Å². The third-order valence-electron chi connectivity index (χ3n) is 4.13. The van der Waals surface area contributed by atoms with Gasteiger partial charge in [-0.25, -0.2) is 0 Å². The summed E-state index contributed by atoms with van der Waals surface area (Å²) in [6.45, 7) is 5.32. The zero-order chi connectivity index (χ0) is 14.2. The van der Waals surface area contributed by atoms with Gasteiger partial charge in [0.05, 0.1) is 0 Å². The van der Waals surface area contributed by atoms with Crippen LogP contribution in [0.2, 0.25) is 0 Å². The van der Waals surface area contributed by atoms with Gasteiger partial charge in [-0.3, -0.25) is 0 Å². The van der Waals surface area contributed by atoms with Crippen LogP contribution >= 0.6 is 0 Å². The van der Waals surface area contributed by atoms with Crippen LogP contribution in [0.1, 0.15) is 31.4 Å². The first kappa shape index (κ1) is 13.7. The SMILES string of the molecule is CC1(C)Cc2cccc(CN[C@@H]3C=C[C@H](CO)C3)c2O1. The van der Waals surface area contributed by atoms with Gasteiger partial charge in [-0.1, -0.05) is 30.4 Å². The molecule has 0 aromatic heterocycles. The Morgan fingerprint density at radius 3 is 2.95 bits per heavy atom. The summed E-state index contributed by atoms with van der Waals surface area (Å²) in [6, 6.07) is 6.76. The molecule has 2 atom stereocenters. The van der Waals surface area contributed by atoms with Crippen molar-refractivity contribution in [1.29, 1.82) is 0 Å². The molecule has 0 radical (unpaired) electrons. The molecule has 1 heterocycles. The predicted molar refractivity (Wildman–Crippen MR) is 79.8 cm³/mol. The van der Waals surface area contributed by atoms with E-state index in [0.717, 1.165) is 25.1 Å². The van der Waals surface area contributed by atoms with Crippen molar-refractivity contribution in [2.24, 2.45) is 5.92 Å². The standard InChI is InChI=1S/C17H23NO2/c1-17(2)9-13-4-3-5-14(16(13)20-17)10-18-15-7-6-12(8-15)11-19/h3-7,12,15,18-19H,8-11H2,1-2H3/t12-,15+/m0/s1. The maximum atomic E-state index is 9.15. The second-order valence-corrected chi connectivity index (χ2v) is 6.49. The molecule has 0 bridgehead atoms. The fourth-order valence-corrected chi connectivity index (χ4v) is 3.12. The van der Waals surface area contributed by atoms with Crippen LogP contribution in [0.15, 0.2) is 30.4 Å². The predicted octanol–water partition coefficient (Wildman–Crippen LogP) is 2.43. The van der Waals surface area contributed by atoms with Crippen LogP contribution in [0.25, 0.3) is 0 Å². The topological polar surface area (TPSA) is 41.5 Å². The number of fused-ring (bicyclic) bond motifs is 1. The Bertz CT molecular complexity index is 522. The lowest BCUT2D eigenvalue weighted by Crippen LogP contribution is -2.27. The summed E-state index contributed by atoms with van der Waals surface area (Å²) in [6.07, 6.45) is 6.23. The highest BCUT2D eigenvalue weighted by Crippen LogP contribution is 2.37. The van der Waals surface area contributed by atoms with Crippen LogP contribution in [0.5, 0.6) is 5.75 Å². The zero-order valence-corrected chi connectivity index (χ0v) is 12.2. The average Bonchev–Trinajstić information content (AvgIpc) is 2.98. The van der Waals surface area contributed by atoms with E-state index in [9.17, 15) is 0 Å². The van der Waals surface area contributed by atoms with E-state index >= 15 is 0 Å². The van der Waals surface area contributed by atoms with E-state index in [0.29, 0.717) is 12.0 Å². The minimum Gasteiger partial charge on any atom is -0.487 e. The number of benzene rings is 1. The number of para-hydroxylation sites is 1. The van der Waals surface area contributed by atoms with Crippen molar-refractivity contribution in [2.75, 3.05) is 6.61 Å². The fourth-order valence-electron chi connectivity index (χ4n) is 3.12. The van der Waals surface area contributed by atoms with E-state index in [1.165, 1.54) is 11.1 Å². The van der Waals surface area contributed by atoms with Crippen molar-refractivity contribution in [3.8, 4) is 5.75 Å². The zero-order valence-electron chi connectivity index (χ0n) is 12.2. The van der Waals surface area contributed by atoms with Gasteiger partial charge in [0.2, 0.25) is 0 Å². The normalized spacial score (nSPS) is 26.6. The average molecular weight is 273 g/mol. The van der Waals surface area contributed by atoms with Crippen molar-refractivity contribution in [3.63, 3.8) is 0 Å². The van der Waals surface area contributed by atoms with Crippen molar-refractivity contribution >= 4 is 0 Å². The molecule has 0 spiro atoms. The largest absolute Gasteiger partial charge is 0.487 e. The summed E-state index contributed by atoms with van der Waals surface area (Å²) in [5.41, 5.74) is 2.45. The third kappa shape index (κ3) is 2.74. The fraction of sp³-hybridized carbons (Fsp3) is 0.529. The first-order chi connectivity index (χ1) is 9.57. The number of hydrogen-bond acceptors (Lipinski definition) is 3. The van der Waals surface area contributed by atoms with E-state index in [2.05, 4.69) is 49.5 Å². The van der Waals surface area contributed by atoms with Gasteiger partial charge in [0.15, 0.2) is 0 Å². The first-order valence-corrected chi connectivity index (χ1v) is 7.40. The van der Waals surface area contributed by atoms with Crippen molar-refractivity contribution in [1.82, 2.24) is 5.32 Å². The second kappa shape index (κ2) is 5.23. The van der Waals surface area contributed by atoms with Crippen molar-refractivity contribution < 1.29 is 9.84 Å². The molecule has 0 unspecified atom stereocenters. The van der Waals surface area contributed by atoms with Gasteiger partial charge >= 0.3 is 0 Å². The molecule has 0 saturated carbocycles. The van der Waals surface area contributed by atoms with E-state index in [1.54, 1.807) is 0 Å². The lowest BCUT2D eigenvalue weighted by Gasteiger charge is -2.19. The number of rotatable bonds is 4. The van der Waals surface area contributed by atoms with E-state index in [1.807, 2.05) is 0 Å². The van der Waals surface area contributed by atoms with Crippen LogP contribution in [0.3, 0.4) is 0 Å². The van der Waals surface area contributed by atoms with Gasteiger partial charge in [-0.2, -0.15) is 0 Å². The highest BCUT2D eigenvalue weighted by molar-refractivity contribution is 5.45. The summed E-state index contributed by atoms with van der Waals surface area (Å²) in [7, 11) is 0. The highest BCUT2D eigenvalue weighted by Gasteiger charge is 2.31. The molecule has 0 saturated heterocycles. The highest BCUT2D eigenvalue weighted by atomic mass is 16.5. The molecule has 1 aliphatic carbocycles. The van der Waals surface area contributed by atoms with E-state index in [-0.39, 0.29) is 12.2 Å². The lowest BCUT2D eigenvalue weighted by molar-refractivity contribution is 0.137. The Kier molecular flexibility index (Phi) is 3.57. The second-order valence-electron chi connectivity index (χ2n) is 6.49. The van der Waals surface area contributed by atoms with E-state index in [4.69, 9.17) is 9.84 Å². The number of hydrogen-bond donors (Lipinski definition) is 2. The Labute approximate surface area is 120 Å². The maximum Gasteiger partial charge on any atom is 0.127 e. The Morgan fingerprint density at radius 2 is 2.20 bits per heavy atom. The third-order valence-corrected chi connectivity index (χ3v) is 4.13. The molecule has 20 heavy (non-hydrogen) atoms. The number of ether oxygens (including phenoxy) is 1. The van der Waals surface area contributed by atoms with E-state index < -0.39 is 0 Å². The molecular formula is C17H23NO2. The summed E-state index contributed by atoms with van der Waals surface area (Å²) in [5.74, 6) is 1.37. The Hall–Kier alpha value is -1.32. The van der Waals surface area contributed by atoms with Crippen LogP contribution in [0, 0.1) is 5.92 Å². The molecule has 0 amide bonds.